The predicted molar refractivity (Wildman–Crippen MR) is 103 cm³/mol. The van der Waals surface area contributed by atoms with Gasteiger partial charge in [-0.15, -0.1) is 0 Å². The molecule has 0 radical (unpaired) electrons. The lowest BCUT2D eigenvalue weighted by atomic mass is 10.2. The van der Waals surface area contributed by atoms with Gasteiger partial charge in [0.15, 0.2) is 11.5 Å². The third kappa shape index (κ3) is 4.03. The number of anilines is 3. The van der Waals surface area contributed by atoms with Crippen LogP contribution < -0.4 is 24.8 Å². The molecule has 138 valence electrons. The molecule has 7 nitrogen and oxygen atoms in total. The average molecular weight is 364 g/mol. The topological polar surface area (TPSA) is 77.5 Å². The van der Waals surface area contributed by atoms with E-state index in [9.17, 15) is 0 Å². The van der Waals surface area contributed by atoms with Crippen LogP contribution in [0.2, 0.25) is 0 Å². The van der Waals surface area contributed by atoms with Crippen LogP contribution in [0.5, 0.6) is 17.2 Å². The van der Waals surface area contributed by atoms with Crippen molar-refractivity contribution in [3.63, 3.8) is 0 Å². The van der Waals surface area contributed by atoms with E-state index in [2.05, 4.69) is 20.6 Å². The van der Waals surface area contributed by atoms with Crippen LogP contribution in [0.1, 0.15) is 12.5 Å². The summed E-state index contributed by atoms with van der Waals surface area (Å²) in [6.07, 6.45) is 1.71. The number of nitrogens with zero attached hydrogens (tertiary/aromatic N) is 2. The molecule has 0 bridgehead atoms. The molecule has 1 aliphatic rings. The molecule has 0 atom stereocenters. The minimum Gasteiger partial charge on any atom is -0.492 e. The van der Waals surface area contributed by atoms with E-state index in [0.29, 0.717) is 19.1 Å². The van der Waals surface area contributed by atoms with Gasteiger partial charge in [0.2, 0.25) is 12.7 Å². The Bertz CT molecular complexity index is 933. The van der Waals surface area contributed by atoms with E-state index in [0.717, 1.165) is 34.3 Å². The van der Waals surface area contributed by atoms with Crippen molar-refractivity contribution in [3.8, 4) is 17.2 Å². The van der Waals surface area contributed by atoms with Gasteiger partial charge in [-0.1, -0.05) is 18.2 Å². The molecule has 0 saturated carbocycles. The maximum atomic E-state index is 5.63. The van der Waals surface area contributed by atoms with Crippen molar-refractivity contribution in [3.05, 3.63) is 60.3 Å². The molecular formula is C20H20N4O3. The van der Waals surface area contributed by atoms with Gasteiger partial charge in [-0.2, -0.15) is 4.98 Å². The lowest BCUT2D eigenvalue weighted by molar-refractivity contribution is 0.174. The molecule has 0 saturated heterocycles. The summed E-state index contributed by atoms with van der Waals surface area (Å²) in [5.74, 6) is 3.53. The second-order valence-corrected chi connectivity index (χ2v) is 5.86. The van der Waals surface area contributed by atoms with Gasteiger partial charge in [-0.25, -0.2) is 4.98 Å². The van der Waals surface area contributed by atoms with Crippen molar-refractivity contribution in [1.82, 2.24) is 9.97 Å². The third-order valence-corrected chi connectivity index (χ3v) is 4.00. The van der Waals surface area contributed by atoms with Crippen molar-refractivity contribution >= 4 is 17.5 Å². The molecule has 1 aromatic heterocycles. The van der Waals surface area contributed by atoms with Crippen molar-refractivity contribution in [2.24, 2.45) is 0 Å². The Morgan fingerprint density at radius 2 is 1.96 bits per heavy atom. The minimum absolute atomic E-state index is 0.274. The van der Waals surface area contributed by atoms with Crippen LogP contribution in [-0.4, -0.2) is 23.4 Å². The Morgan fingerprint density at radius 3 is 2.89 bits per heavy atom. The first kappa shape index (κ1) is 17.0. The molecule has 2 N–H and O–H groups in total. The van der Waals surface area contributed by atoms with Gasteiger partial charge in [0, 0.05) is 12.7 Å². The van der Waals surface area contributed by atoms with Crippen molar-refractivity contribution in [1.29, 1.82) is 0 Å². The third-order valence-electron chi connectivity index (χ3n) is 4.00. The van der Waals surface area contributed by atoms with Crippen LogP contribution in [-0.2, 0) is 6.54 Å². The number of hydrogen-bond acceptors (Lipinski definition) is 7. The van der Waals surface area contributed by atoms with E-state index in [-0.39, 0.29) is 6.79 Å². The second kappa shape index (κ2) is 7.82. The summed E-state index contributed by atoms with van der Waals surface area (Å²) < 4.78 is 16.4. The van der Waals surface area contributed by atoms with Crippen molar-refractivity contribution in [2.45, 2.75) is 13.5 Å². The summed E-state index contributed by atoms with van der Waals surface area (Å²) in [5.41, 5.74) is 1.90. The van der Waals surface area contributed by atoms with E-state index >= 15 is 0 Å². The lowest BCUT2D eigenvalue weighted by Crippen LogP contribution is -2.05. The summed E-state index contributed by atoms with van der Waals surface area (Å²) in [6, 6.07) is 15.4. The van der Waals surface area contributed by atoms with Gasteiger partial charge in [0.25, 0.3) is 0 Å². The Hall–Kier alpha value is -3.48. The number of fused-ring (bicyclic) bond motifs is 1. The van der Waals surface area contributed by atoms with E-state index in [1.54, 1.807) is 6.20 Å². The molecule has 3 aromatic rings. The fraction of sp³-hybridized carbons (Fsp3) is 0.200. The smallest absolute Gasteiger partial charge is 0.231 e. The molecule has 2 aromatic carbocycles. The predicted octanol–water partition coefficient (Wildman–Crippen LogP) is 3.96. The number of aromatic nitrogens is 2. The zero-order valence-electron chi connectivity index (χ0n) is 14.9. The van der Waals surface area contributed by atoms with E-state index < -0.39 is 0 Å². The van der Waals surface area contributed by atoms with E-state index in [4.69, 9.17) is 14.2 Å². The van der Waals surface area contributed by atoms with Crippen LogP contribution in [0.3, 0.4) is 0 Å². The first-order valence-electron chi connectivity index (χ1n) is 8.76. The van der Waals surface area contributed by atoms with Crippen molar-refractivity contribution in [2.75, 3.05) is 24.0 Å². The lowest BCUT2D eigenvalue weighted by Gasteiger charge is -2.12. The van der Waals surface area contributed by atoms with E-state index in [1.165, 1.54) is 0 Å². The van der Waals surface area contributed by atoms with Gasteiger partial charge in [-0.3, -0.25) is 0 Å². The number of para-hydroxylation sites is 2. The SMILES string of the molecule is CCOc1ccccc1Nc1nccc(NCc2ccc3c(c2)OCO3)n1. The average Bonchev–Trinajstić information content (AvgIpc) is 3.16. The van der Waals surface area contributed by atoms with Gasteiger partial charge in [0.1, 0.15) is 11.6 Å². The normalized spacial score (nSPS) is 11.9. The molecule has 27 heavy (non-hydrogen) atoms. The molecule has 0 unspecified atom stereocenters. The zero-order valence-corrected chi connectivity index (χ0v) is 14.9. The molecule has 0 fully saturated rings. The van der Waals surface area contributed by atoms with E-state index in [1.807, 2.05) is 55.5 Å². The zero-order chi connectivity index (χ0) is 18.5. The maximum Gasteiger partial charge on any atom is 0.231 e. The fourth-order valence-corrected chi connectivity index (χ4v) is 2.73. The summed E-state index contributed by atoms with van der Waals surface area (Å²) in [4.78, 5) is 8.80. The van der Waals surface area contributed by atoms with Crippen molar-refractivity contribution < 1.29 is 14.2 Å². The van der Waals surface area contributed by atoms with Gasteiger partial charge in [-0.05, 0) is 42.8 Å². The highest BCUT2D eigenvalue weighted by molar-refractivity contribution is 5.63. The Labute approximate surface area is 157 Å². The number of hydrogen-bond donors (Lipinski definition) is 2. The first-order chi connectivity index (χ1) is 13.3. The Morgan fingerprint density at radius 1 is 1.07 bits per heavy atom. The Balaban J connectivity index is 1.43. The quantitative estimate of drug-likeness (QED) is 0.657. The fourth-order valence-electron chi connectivity index (χ4n) is 2.73. The second-order valence-electron chi connectivity index (χ2n) is 5.86. The maximum absolute atomic E-state index is 5.63. The van der Waals surface area contributed by atoms with Crippen LogP contribution in [0, 0.1) is 0 Å². The highest BCUT2D eigenvalue weighted by Crippen LogP contribution is 2.32. The first-order valence-corrected chi connectivity index (χ1v) is 8.76. The molecule has 7 heteroatoms. The largest absolute Gasteiger partial charge is 0.492 e. The van der Waals surface area contributed by atoms with Crippen LogP contribution in [0.25, 0.3) is 0 Å². The van der Waals surface area contributed by atoms with Gasteiger partial charge in [0.05, 0.1) is 12.3 Å². The summed E-state index contributed by atoms with van der Waals surface area (Å²) >= 11 is 0. The molecule has 0 spiro atoms. The molecule has 1 aliphatic heterocycles. The summed E-state index contributed by atoms with van der Waals surface area (Å²) in [7, 11) is 0. The highest BCUT2D eigenvalue weighted by Gasteiger charge is 2.13. The summed E-state index contributed by atoms with van der Waals surface area (Å²) in [6.45, 7) is 3.43. The standard InChI is InChI=1S/C20H20N4O3/c1-2-25-16-6-4-3-5-15(16)23-20-21-10-9-19(24-20)22-12-14-7-8-17-18(11-14)27-13-26-17/h3-11H,2,12-13H2,1H3,(H2,21,22,23,24). The van der Waals surface area contributed by atoms with Crippen LogP contribution in [0.15, 0.2) is 54.7 Å². The van der Waals surface area contributed by atoms with Crippen LogP contribution in [0.4, 0.5) is 17.5 Å². The van der Waals surface area contributed by atoms with Crippen LogP contribution >= 0.6 is 0 Å². The monoisotopic (exact) mass is 364 g/mol. The summed E-state index contributed by atoms with van der Waals surface area (Å²) in [5, 5.41) is 6.51. The molecule has 0 aliphatic carbocycles. The molecule has 4 rings (SSSR count). The van der Waals surface area contributed by atoms with Gasteiger partial charge < -0.3 is 24.8 Å². The molecule has 2 heterocycles. The molecule has 0 amide bonds. The van der Waals surface area contributed by atoms with Gasteiger partial charge >= 0.3 is 0 Å². The number of rotatable bonds is 7. The minimum atomic E-state index is 0.274. The molecular weight excluding hydrogens is 344 g/mol. The number of nitrogens with one attached hydrogen (secondary N) is 2. The number of ether oxygens (including phenoxy) is 3. The highest BCUT2D eigenvalue weighted by atomic mass is 16.7. The number of benzene rings is 2. The Kier molecular flexibility index (Phi) is 4.91.